The summed E-state index contributed by atoms with van der Waals surface area (Å²) in [5.41, 5.74) is 1.12. The first-order chi connectivity index (χ1) is 8.83. The Bertz CT molecular complexity index is 806. The van der Waals surface area contributed by atoms with Gasteiger partial charge in [0, 0.05) is 0 Å². The standard InChI is InChI=1S/C14H9N3O/c15-10-16-13-9-5-4-8-12(13)14(18)17(16)11-6-2-1-3-7-11/h1-9H. The van der Waals surface area contributed by atoms with Crippen molar-refractivity contribution in [2.45, 2.75) is 0 Å². The summed E-state index contributed by atoms with van der Waals surface area (Å²) < 4.78 is 2.69. The predicted octanol–water partition coefficient (Wildman–Crippen LogP) is 2.12. The maximum absolute atomic E-state index is 12.3. The zero-order valence-electron chi connectivity index (χ0n) is 9.45. The van der Waals surface area contributed by atoms with Crippen LogP contribution in [0.15, 0.2) is 59.4 Å². The molecule has 0 spiro atoms. The Hall–Kier alpha value is -2.80. The molecule has 1 aromatic heterocycles. The average molecular weight is 235 g/mol. The second-order valence-electron chi connectivity index (χ2n) is 3.88. The highest BCUT2D eigenvalue weighted by Gasteiger charge is 2.13. The molecule has 0 aliphatic heterocycles. The summed E-state index contributed by atoms with van der Waals surface area (Å²) in [4.78, 5) is 12.3. The molecule has 0 unspecified atom stereocenters. The van der Waals surface area contributed by atoms with Crippen LogP contribution in [-0.4, -0.2) is 9.36 Å². The molecule has 0 fully saturated rings. The van der Waals surface area contributed by atoms with Crippen molar-refractivity contribution in [1.82, 2.24) is 9.36 Å². The van der Waals surface area contributed by atoms with E-state index in [0.29, 0.717) is 16.6 Å². The third kappa shape index (κ3) is 1.35. The Morgan fingerprint density at radius 1 is 0.944 bits per heavy atom. The summed E-state index contributed by atoms with van der Waals surface area (Å²) in [6.07, 6.45) is 2.04. The number of hydrogen-bond acceptors (Lipinski definition) is 2. The van der Waals surface area contributed by atoms with Crippen molar-refractivity contribution in [3.05, 3.63) is 65.0 Å². The molecule has 0 atom stereocenters. The first kappa shape index (κ1) is 10.4. The molecule has 3 rings (SSSR count). The Morgan fingerprint density at radius 2 is 1.61 bits per heavy atom. The highest BCUT2D eigenvalue weighted by atomic mass is 16.1. The van der Waals surface area contributed by atoms with E-state index in [1.807, 2.05) is 30.5 Å². The van der Waals surface area contributed by atoms with Crippen LogP contribution < -0.4 is 5.56 Å². The van der Waals surface area contributed by atoms with E-state index in [2.05, 4.69) is 0 Å². The molecule has 86 valence electrons. The third-order valence-electron chi connectivity index (χ3n) is 2.85. The van der Waals surface area contributed by atoms with Crippen molar-refractivity contribution in [2.24, 2.45) is 0 Å². The molecule has 3 aromatic rings. The Labute approximate surface area is 103 Å². The first-order valence-corrected chi connectivity index (χ1v) is 5.51. The molecule has 4 heteroatoms. The molecule has 2 aromatic carbocycles. The van der Waals surface area contributed by atoms with E-state index in [4.69, 9.17) is 0 Å². The summed E-state index contributed by atoms with van der Waals surface area (Å²) in [5.74, 6) is 0. The van der Waals surface area contributed by atoms with E-state index in [0.717, 1.165) is 0 Å². The van der Waals surface area contributed by atoms with E-state index in [-0.39, 0.29) is 5.56 Å². The van der Waals surface area contributed by atoms with Crippen molar-refractivity contribution >= 4 is 10.9 Å². The minimum absolute atomic E-state index is 0.182. The van der Waals surface area contributed by atoms with E-state index >= 15 is 0 Å². The van der Waals surface area contributed by atoms with Gasteiger partial charge in [-0.05, 0) is 24.3 Å². The number of benzene rings is 2. The fourth-order valence-corrected chi connectivity index (χ4v) is 2.05. The number of hydrogen-bond donors (Lipinski definition) is 0. The molecule has 0 aliphatic carbocycles. The van der Waals surface area contributed by atoms with Crippen LogP contribution in [0.2, 0.25) is 0 Å². The highest BCUT2D eigenvalue weighted by molar-refractivity contribution is 5.79. The van der Waals surface area contributed by atoms with Crippen molar-refractivity contribution in [3.8, 4) is 11.9 Å². The summed E-state index contributed by atoms with van der Waals surface area (Å²) in [7, 11) is 0. The van der Waals surface area contributed by atoms with E-state index in [1.165, 1.54) is 9.36 Å². The van der Waals surface area contributed by atoms with E-state index < -0.39 is 0 Å². The van der Waals surface area contributed by atoms with Gasteiger partial charge in [-0.15, -0.1) is 0 Å². The minimum Gasteiger partial charge on any atom is -0.267 e. The van der Waals surface area contributed by atoms with Gasteiger partial charge in [-0.25, -0.2) is 4.68 Å². The van der Waals surface area contributed by atoms with Gasteiger partial charge in [0.15, 0.2) is 0 Å². The number of para-hydroxylation sites is 2. The van der Waals surface area contributed by atoms with Gasteiger partial charge in [0.05, 0.1) is 16.6 Å². The zero-order valence-corrected chi connectivity index (χ0v) is 9.45. The van der Waals surface area contributed by atoms with Crippen molar-refractivity contribution in [1.29, 1.82) is 5.26 Å². The Balaban J connectivity index is 2.48. The lowest BCUT2D eigenvalue weighted by atomic mass is 10.2. The van der Waals surface area contributed by atoms with Crippen molar-refractivity contribution in [2.75, 3.05) is 0 Å². The van der Waals surface area contributed by atoms with Crippen LogP contribution in [0.3, 0.4) is 0 Å². The zero-order chi connectivity index (χ0) is 12.5. The number of nitrogens with zero attached hydrogens (tertiary/aromatic N) is 3. The molecule has 1 heterocycles. The van der Waals surface area contributed by atoms with Gasteiger partial charge in [0.1, 0.15) is 0 Å². The minimum atomic E-state index is -0.182. The van der Waals surface area contributed by atoms with Gasteiger partial charge in [0.2, 0.25) is 6.19 Å². The fraction of sp³-hybridized carbons (Fsp3) is 0. The van der Waals surface area contributed by atoms with Gasteiger partial charge in [-0.1, -0.05) is 30.3 Å². The molecule has 0 saturated carbocycles. The topological polar surface area (TPSA) is 50.7 Å². The molecule has 4 nitrogen and oxygen atoms in total. The molecule has 18 heavy (non-hydrogen) atoms. The third-order valence-corrected chi connectivity index (χ3v) is 2.85. The largest absolute Gasteiger partial charge is 0.280 e. The highest BCUT2D eigenvalue weighted by Crippen LogP contribution is 2.13. The lowest BCUT2D eigenvalue weighted by molar-refractivity contribution is 0.753. The number of aromatic nitrogens is 2. The van der Waals surface area contributed by atoms with Gasteiger partial charge in [-0.3, -0.25) is 4.79 Å². The Morgan fingerprint density at radius 3 is 2.33 bits per heavy atom. The second kappa shape index (κ2) is 3.90. The lowest BCUT2D eigenvalue weighted by Crippen LogP contribution is -2.19. The van der Waals surface area contributed by atoms with Gasteiger partial charge < -0.3 is 0 Å². The van der Waals surface area contributed by atoms with E-state index in [1.54, 1.807) is 30.3 Å². The second-order valence-corrected chi connectivity index (χ2v) is 3.88. The number of rotatable bonds is 1. The molecule has 0 bridgehead atoms. The van der Waals surface area contributed by atoms with Crippen LogP contribution >= 0.6 is 0 Å². The Kier molecular flexibility index (Phi) is 2.24. The molecular weight excluding hydrogens is 226 g/mol. The maximum Gasteiger partial charge on any atom is 0.280 e. The fourth-order valence-electron chi connectivity index (χ4n) is 2.05. The van der Waals surface area contributed by atoms with Crippen LogP contribution in [0.1, 0.15) is 0 Å². The van der Waals surface area contributed by atoms with Crippen LogP contribution in [-0.2, 0) is 0 Å². The average Bonchev–Trinajstić information content (AvgIpc) is 2.73. The summed E-state index contributed by atoms with van der Waals surface area (Å²) in [6.45, 7) is 0. The summed E-state index contributed by atoms with van der Waals surface area (Å²) in [6, 6.07) is 16.2. The predicted molar refractivity (Wildman–Crippen MR) is 68.5 cm³/mol. The normalized spacial score (nSPS) is 10.4. The SMILES string of the molecule is N#Cn1c2ccccc2c(=O)n1-c1ccccc1. The smallest absolute Gasteiger partial charge is 0.267 e. The first-order valence-electron chi connectivity index (χ1n) is 5.51. The van der Waals surface area contributed by atoms with Gasteiger partial charge in [0.25, 0.3) is 5.56 Å². The molecule has 0 N–H and O–H groups in total. The van der Waals surface area contributed by atoms with Crippen molar-refractivity contribution < 1.29 is 0 Å². The van der Waals surface area contributed by atoms with E-state index in [9.17, 15) is 10.1 Å². The van der Waals surface area contributed by atoms with Crippen LogP contribution in [0.25, 0.3) is 16.6 Å². The van der Waals surface area contributed by atoms with Crippen LogP contribution in [0.5, 0.6) is 0 Å². The molecule has 0 amide bonds. The quantitative estimate of drug-likeness (QED) is 0.648. The number of nitriles is 1. The maximum atomic E-state index is 12.3. The van der Waals surface area contributed by atoms with Crippen molar-refractivity contribution in [3.63, 3.8) is 0 Å². The number of fused-ring (bicyclic) bond motifs is 1. The monoisotopic (exact) mass is 235 g/mol. The molecule has 0 saturated heterocycles. The molecular formula is C14H9N3O. The van der Waals surface area contributed by atoms with Gasteiger partial charge >= 0.3 is 0 Å². The van der Waals surface area contributed by atoms with Crippen LogP contribution in [0, 0.1) is 11.5 Å². The molecule has 0 radical (unpaired) electrons. The van der Waals surface area contributed by atoms with Gasteiger partial charge in [-0.2, -0.15) is 9.94 Å². The molecule has 0 aliphatic rings. The lowest BCUT2D eigenvalue weighted by Gasteiger charge is -2.04. The summed E-state index contributed by atoms with van der Waals surface area (Å²) in [5, 5.41) is 9.79. The summed E-state index contributed by atoms with van der Waals surface area (Å²) >= 11 is 0. The van der Waals surface area contributed by atoms with Crippen LogP contribution in [0.4, 0.5) is 0 Å².